The zero-order valence-electron chi connectivity index (χ0n) is 17.3. The maximum Gasteiger partial charge on any atom is 0.260 e. The number of ether oxygens (including phenoxy) is 3. The van der Waals surface area contributed by atoms with Crippen LogP contribution in [-0.2, 0) is 9.53 Å². The third kappa shape index (κ3) is 5.73. The highest BCUT2D eigenvalue weighted by molar-refractivity contribution is 14.1. The van der Waals surface area contributed by atoms with Crippen molar-refractivity contribution < 1.29 is 19.0 Å². The van der Waals surface area contributed by atoms with Crippen molar-refractivity contribution in [2.45, 2.75) is 45.8 Å². The van der Waals surface area contributed by atoms with Crippen LogP contribution in [0, 0.1) is 3.57 Å². The van der Waals surface area contributed by atoms with E-state index in [-0.39, 0.29) is 24.7 Å². The Kier molecular flexibility index (Phi) is 7.98. The van der Waals surface area contributed by atoms with E-state index in [1.165, 1.54) is 0 Å². The number of hydrogen-bond donors (Lipinski definition) is 0. The van der Waals surface area contributed by atoms with Crippen molar-refractivity contribution in [2.75, 3.05) is 39.4 Å². The molecule has 29 heavy (non-hydrogen) atoms. The lowest BCUT2D eigenvalue weighted by atomic mass is 10.1. The van der Waals surface area contributed by atoms with Gasteiger partial charge >= 0.3 is 0 Å². The van der Waals surface area contributed by atoms with E-state index in [0.717, 1.165) is 53.1 Å². The monoisotopic (exact) mass is 532 g/mol. The summed E-state index contributed by atoms with van der Waals surface area (Å²) in [7, 11) is 0. The molecule has 0 aliphatic carbocycles. The highest BCUT2D eigenvalue weighted by atomic mass is 127. The first-order valence-electron chi connectivity index (χ1n) is 10.2. The fraction of sp³-hybridized carbons (Fsp3) is 0.619. The van der Waals surface area contributed by atoms with Crippen LogP contribution in [0.5, 0.6) is 11.5 Å². The molecular formula is C21H29IN2O4S. The van der Waals surface area contributed by atoms with Crippen LogP contribution in [0.3, 0.4) is 0 Å². The van der Waals surface area contributed by atoms with Crippen molar-refractivity contribution in [3.63, 3.8) is 0 Å². The highest BCUT2D eigenvalue weighted by Crippen LogP contribution is 2.35. The second kappa shape index (κ2) is 10.3. The van der Waals surface area contributed by atoms with Gasteiger partial charge in [0.05, 0.1) is 22.4 Å². The second-order valence-corrected chi connectivity index (χ2v) is 9.11. The molecule has 1 amide bonds. The smallest absolute Gasteiger partial charge is 0.260 e. The molecule has 2 atom stereocenters. The van der Waals surface area contributed by atoms with E-state index in [1.807, 2.05) is 24.0 Å². The molecule has 1 aromatic carbocycles. The van der Waals surface area contributed by atoms with Crippen molar-refractivity contribution >= 4 is 45.7 Å². The summed E-state index contributed by atoms with van der Waals surface area (Å²) >= 11 is 8.01. The van der Waals surface area contributed by atoms with E-state index in [4.69, 9.17) is 26.4 Å². The standard InChI is InChI=1S/C21H29IN2O4S/c1-4-26-18-10-16(21(29)24-11-14(2)28-15(3)12-24)9-17(22)20(18)27-13-19(25)23-7-5-6-8-23/h9-10,14-15H,4-8,11-13H2,1-3H3. The Morgan fingerprint density at radius 1 is 1.17 bits per heavy atom. The van der Waals surface area contributed by atoms with Crippen molar-refractivity contribution in [2.24, 2.45) is 0 Å². The van der Waals surface area contributed by atoms with Crippen molar-refractivity contribution in [1.82, 2.24) is 9.80 Å². The molecule has 2 saturated heterocycles. The normalized spacial score (nSPS) is 21.9. The van der Waals surface area contributed by atoms with Gasteiger partial charge < -0.3 is 24.0 Å². The number of hydrogen-bond acceptors (Lipinski definition) is 5. The van der Waals surface area contributed by atoms with Gasteiger partial charge in [0, 0.05) is 31.7 Å². The Hall–Kier alpha value is -1.13. The lowest BCUT2D eigenvalue weighted by Gasteiger charge is -2.37. The molecule has 0 bridgehead atoms. The van der Waals surface area contributed by atoms with Gasteiger partial charge in [-0.2, -0.15) is 0 Å². The second-order valence-electron chi connectivity index (χ2n) is 7.56. The molecular weight excluding hydrogens is 503 g/mol. The van der Waals surface area contributed by atoms with Gasteiger partial charge in [0.1, 0.15) is 4.99 Å². The van der Waals surface area contributed by atoms with Gasteiger partial charge in [0.25, 0.3) is 5.91 Å². The van der Waals surface area contributed by atoms with Gasteiger partial charge in [0.15, 0.2) is 18.1 Å². The molecule has 8 heteroatoms. The van der Waals surface area contributed by atoms with E-state index in [1.54, 1.807) is 0 Å². The van der Waals surface area contributed by atoms with E-state index >= 15 is 0 Å². The fourth-order valence-electron chi connectivity index (χ4n) is 3.81. The number of benzene rings is 1. The minimum Gasteiger partial charge on any atom is -0.490 e. The molecule has 0 aromatic heterocycles. The van der Waals surface area contributed by atoms with Gasteiger partial charge in [-0.05, 0) is 68.3 Å². The SMILES string of the molecule is CCOc1cc(C(=S)N2CC(C)OC(C)C2)cc(I)c1OCC(=O)N1CCCC1. The van der Waals surface area contributed by atoms with Crippen LogP contribution in [-0.4, -0.2) is 72.3 Å². The van der Waals surface area contributed by atoms with Crippen LogP contribution < -0.4 is 9.47 Å². The molecule has 0 saturated carbocycles. The van der Waals surface area contributed by atoms with Gasteiger partial charge in [-0.3, -0.25) is 4.79 Å². The Bertz CT molecular complexity index is 744. The lowest BCUT2D eigenvalue weighted by molar-refractivity contribution is -0.132. The number of rotatable bonds is 6. The van der Waals surface area contributed by atoms with E-state index in [0.29, 0.717) is 18.1 Å². The van der Waals surface area contributed by atoms with Gasteiger partial charge in [-0.15, -0.1) is 0 Å². The number of amides is 1. The molecule has 160 valence electrons. The highest BCUT2D eigenvalue weighted by Gasteiger charge is 2.26. The first kappa shape index (κ1) is 22.6. The minimum absolute atomic E-state index is 0.0247. The van der Waals surface area contributed by atoms with Crippen LogP contribution >= 0.6 is 34.8 Å². The quantitative estimate of drug-likeness (QED) is 0.413. The molecule has 2 heterocycles. The van der Waals surface area contributed by atoms with Gasteiger partial charge in [0.2, 0.25) is 0 Å². The fourth-order valence-corrected chi connectivity index (χ4v) is 4.84. The summed E-state index contributed by atoms with van der Waals surface area (Å²) in [5, 5.41) is 0. The summed E-state index contributed by atoms with van der Waals surface area (Å²) in [5.74, 6) is 1.26. The maximum atomic E-state index is 12.4. The van der Waals surface area contributed by atoms with Crippen LogP contribution in [0.25, 0.3) is 0 Å². The summed E-state index contributed by atoms with van der Waals surface area (Å²) in [6.45, 7) is 9.78. The first-order valence-corrected chi connectivity index (χ1v) is 11.7. The van der Waals surface area contributed by atoms with Crippen molar-refractivity contribution in [3.05, 3.63) is 21.3 Å². The Morgan fingerprint density at radius 3 is 2.45 bits per heavy atom. The molecule has 2 unspecified atom stereocenters. The molecule has 0 radical (unpaired) electrons. The average molecular weight is 532 g/mol. The zero-order chi connectivity index (χ0) is 21.0. The maximum absolute atomic E-state index is 12.4. The number of nitrogens with zero attached hydrogens (tertiary/aromatic N) is 2. The Morgan fingerprint density at radius 2 is 1.83 bits per heavy atom. The summed E-state index contributed by atoms with van der Waals surface area (Å²) in [4.78, 5) is 17.2. The van der Waals surface area contributed by atoms with E-state index < -0.39 is 0 Å². The minimum atomic E-state index is 0.0247. The number of thiocarbonyl (C=S) groups is 1. The molecule has 0 N–H and O–H groups in total. The Labute approximate surface area is 192 Å². The summed E-state index contributed by atoms with van der Waals surface area (Å²) in [6, 6.07) is 3.93. The van der Waals surface area contributed by atoms with Crippen LogP contribution in [0.2, 0.25) is 0 Å². The predicted molar refractivity (Wildman–Crippen MR) is 125 cm³/mol. The molecule has 2 fully saturated rings. The zero-order valence-corrected chi connectivity index (χ0v) is 20.3. The predicted octanol–water partition coefficient (Wildman–Crippen LogP) is 3.48. The molecule has 1 aromatic rings. The largest absolute Gasteiger partial charge is 0.490 e. The molecule has 3 rings (SSSR count). The summed E-state index contributed by atoms with van der Waals surface area (Å²) in [6.07, 6.45) is 2.42. The van der Waals surface area contributed by atoms with E-state index in [2.05, 4.69) is 41.3 Å². The lowest BCUT2D eigenvalue weighted by Crippen LogP contribution is -2.47. The molecule has 2 aliphatic rings. The van der Waals surface area contributed by atoms with E-state index in [9.17, 15) is 4.79 Å². The van der Waals surface area contributed by atoms with Crippen LogP contribution in [0.15, 0.2) is 12.1 Å². The number of likely N-dealkylation sites (tertiary alicyclic amines) is 1. The van der Waals surface area contributed by atoms with Crippen LogP contribution in [0.4, 0.5) is 0 Å². The topological polar surface area (TPSA) is 51.2 Å². The third-order valence-corrected chi connectivity index (χ3v) is 6.36. The van der Waals surface area contributed by atoms with Crippen molar-refractivity contribution in [3.8, 4) is 11.5 Å². The third-order valence-electron chi connectivity index (χ3n) is 5.06. The first-order chi connectivity index (χ1) is 13.9. The van der Waals surface area contributed by atoms with Gasteiger partial charge in [-0.1, -0.05) is 12.2 Å². The Balaban J connectivity index is 1.76. The molecule has 6 nitrogen and oxygen atoms in total. The molecule has 0 spiro atoms. The summed E-state index contributed by atoms with van der Waals surface area (Å²) in [5.41, 5.74) is 0.923. The van der Waals surface area contributed by atoms with Gasteiger partial charge in [-0.25, -0.2) is 0 Å². The number of halogens is 1. The number of carbonyl (C=O) groups is 1. The van der Waals surface area contributed by atoms with Crippen LogP contribution in [0.1, 0.15) is 39.2 Å². The number of morpholine rings is 1. The molecule has 2 aliphatic heterocycles. The average Bonchev–Trinajstić information content (AvgIpc) is 3.20. The number of carbonyl (C=O) groups excluding carboxylic acids is 1. The summed E-state index contributed by atoms with van der Waals surface area (Å²) < 4.78 is 18.5. The van der Waals surface area contributed by atoms with Crippen molar-refractivity contribution in [1.29, 1.82) is 0 Å².